The normalized spacial score (nSPS) is 13.7. The summed E-state index contributed by atoms with van der Waals surface area (Å²) in [5.74, 6) is 0. The van der Waals surface area contributed by atoms with E-state index >= 15 is 0 Å². The molecule has 1 aliphatic rings. The second-order valence-electron chi connectivity index (χ2n) is 2.38. The Morgan fingerprint density at radius 2 is 1.71 bits per heavy atom. The van der Waals surface area contributed by atoms with E-state index in [1.165, 1.54) is 12.0 Å². The van der Waals surface area contributed by atoms with Gasteiger partial charge in [0.1, 0.15) is 0 Å². The summed E-state index contributed by atoms with van der Waals surface area (Å²) < 4.78 is 0. The lowest BCUT2D eigenvalue weighted by Crippen LogP contribution is -2.19. The SMILES string of the molecule is C=CC1=C(C=C)NCCC1.CC.CC.[HH]. The zero-order valence-electron chi connectivity index (χ0n) is 10.2. The van der Waals surface area contributed by atoms with Crippen molar-refractivity contribution in [2.45, 2.75) is 40.5 Å². The van der Waals surface area contributed by atoms with Gasteiger partial charge < -0.3 is 5.32 Å². The Hall–Kier alpha value is -0.980. The van der Waals surface area contributed by atoms with Crippen LogP contribution in [0.5, 0.6) is 0 Å². The number of rotatable bonds is 2. The van der Waals surface area contributed by atoms with Gasteiger partial charge in [-0.15, -0.1) is 0 Å². The van der Waals surface area contributed by atoms with Gasteiger partial charge in [-0.2, -0.15) is 0 Å². The molecule has 1 N–H and O–H groups in total. The topological polar surface area (TPSA) is 12.0 Å². The van der Waals surface area contributed by atoms with Crippen LogP contribution in [-0.2, 0) is 0 Å². The molecule has 0 aliphatic carbocycles. The van der Waals surface area contributed by atoms with Crippen LogP contribution >= 0.6 is 0 Å². The molecule has 1 rings (SSSR count). The Labute approximate surface area is 91.1 Å². The van der Waals surface area contributed by atoms with Gasteiger partial charge in [-0.25, -0.2) is 0 Å². The van der Waals surface area contributed by atoms with Crippen molar-refractivity contribution in [3.63, 3.8) is 0 Å². The molecule has 0 saturated heterocycles. The van der Waals surface area contributed by atoms with Crippen molar-refractivity contribution < 1.29 is 1.43 Å². The second kappa shape index (κ2) is 12.0. The monoisotopic (exact) mass is 197 g/mol. The molecule has 0 aromatic heterocycles. The second-order valence-corrected chi connectivity index (χ2v) is 2.38. The summed E-state index contributed by atoms with van der Waals surface area (Å²) in [7, 11) is 0. The first-order valence-corrected chi connectivity index (χ1v) is 5.60. The average molecular weight is 197 g/mol. The molecule has 1 aliphatic heterocycles. The average Bonchev–Trinajstić information content (AvgIpc) is 2.34. The number of allylic oxidation sites excluding steroid dienone is 3. The standard InChI is InChI=1S/C9H13N.2C2H6.H2/c1-3-8-6-5-7-10-9(8)4-2;2*1-2;/h3-4,10H,1-2,5-7H2;2*1-2H3;1H. The fraction of sp³-hybridized carbons (Fsp3) is 0.538. The number of nitrogens with one attached hydrogen (secondary N) is 1. The predicted octanol–water partition coefficient (Wildman–Crippen LogP) is 4.29. The Morgan fingerprint density at radius 1 is 1.14 bits per heavy atom. The molecule has 0 fully saturated rings. The third-order valence-corrected chi connectivity index (χ3v) is 1.73. The van der Waals surface area contributed by atoms with Crippen LogP contribution in [0.15, 0.2) is 36.6 Å². The molecular weight excluding hydrogens is 170 g/mol. The fourth-order valence-electron chi connectivity index (χ4n) is 1.17. The molecule has 0 radical (unpaired) electrons. The highest BCUT2D eigenvalue weighted by Crippen LogP contribution is 2.15. The highest BCUT2D eigenvalue weighted by atomic mass is 14.9. The van der Waals surface area contributed by atoms with E-state index in [2.05, 4.69) is 18.5 Å². The molecule has 0 unspecified atom stereocenters. The van der Waals surface area contributed by atoms with E-state index < -0.39 is 0 Å². The lowest BCUT2D eigenvalue weighted by molar-refractivity contribution is 0.685. The Morgan fingerprint density at radius 3 is 2.07 bits per heavy atom. The van der Waals surface area contributed by atoms with Crippen LogP contribution in [0, 0.1) is 0 Å². The van der Waals surface area contributed by atoms with Crippen molar-refractivity contribution in [1.82, 2.24) is 5.32 Å². The Bertz CT molecular complexity index is 163. The van der Waals surface area contributed by atoms with Crippen molar-refractivity contribution in [2.24, 2.45) is 0 Å². The fourth-order valence-corrected chi connectivity index (χ4v) is 1.17. The van der Waals surface area contributed by atoms with E-state index in [0.29, 0.717) is 0 Å². The zero-order valence-corrected chi connectivity index (χ0v) is 10.2. The van der Waals surface area contributed by atoms with Gasteiger partial charge in [0.25, 0.3) is 0 Å². The molecule has 0 bridgehead atoms. The minimum Gasteiger partial charge on any atom is -0.385 e. The molecule has 0 aromatic carbocycles. The predicted molar refractivity (Wildman–Crippen MR) is 69.5 cm³/mol. The van der Waals surface area contributed by atoms with Gasteiger partial charge in [-0.3, -0.25) is 0 Å². The van der Waals surface area contributed by atoms with Gasteiger partial charge in [-0.05, 0) is 24.5 Å². The van der Waals surface area contributed by atoms with Crippen LogP contribution in [0.25, 0.3) is 0 Å². The van der Waals surface area contributed by atoms with Gasteiger partial charge in [0, 0.05) is 13.7 Å². The van der Waals surface area contributed by atoms with Crippen LogP contribution in [0.1, 0.15) is 42.0 Å². The summed E-state index contributed by atoms with van der Waals surface area (Å²) in [5, 5.41) is 3.26. The largest absolute Gasteiger partial charge is 0.385 e. The van der Waals surface area contributed by atoms with Gasteiger partial charge in [0.2, 0.25) is 0 Å². The summed E-state index contributed by atoms with van der Waals surface area (Å²) in [4.78, 5) is 0. The van der Waals surface area contributed by atoms with E-state index in [1.807, 2.05) is 39.8 Å². The number of hydrogen-bond donors (Lipinski definition) is 1. The van der Waals surface area contributed by atoms with Crippen LogP contribution in [0.3, 0.4) is 0 Å². The first-order valence-electron chi connectivity index (χ1n) is 5.60. The molecule has 0 aromatic rings. The maximum atomic E-state index is 3.74. The number of hydrogen-bond acceptors (Lipinski definition) is 1. The molecule has 0 saturated carbocycles. The molecule has 1 heterocycles. The van der Waals surface area contributed by atoms with Crippen molar-refractivity contribution in [3.8, 4) is 0 Å². The van der Waals surface area contributed by atoms with Crippen molar-refractivity contribution in [1.29, 1.82) is 0 Å². The van der Waals surface area contributed by atoms with E-state index in [9.17, 15) is 0 Å². The highest BCUT2D eigenvalue weighted by Gasteiger charge is 2.04. The molecule has 1 nitrogen and oxygen atoms in total. The van der Waals surface area contributed by atoms with Gasteiger partial charge >= 0.3 is 0 Å². The summed E-state index contributed by atoms with van der Waals surface area (Å²) in [6, 6.07) is 0. The Kier molecular flexibility index (Phi) is 13.3. The van der Waals surface area contributed by atoms with Crippen LogP contribution in [-0.4, -0.2) is 6.54 Å². The molecule has 14 heavy (non-hydrogen) atoms. The molecular formula is C13H27N. The lowest BCUT2D eigenvalue weighted by Gasteiger charge is -2.16. The van der Waals surface area contributed by atoms with E-state index in [0.717, 1.165) is 18.7 Å². The van der Waals surface area contributed by atoms with E-state index in [4.69, 9.17) is 0 Å². The third kappa shape index (κ3) is 5.63. The van der Waals surface area contributed by atoms with Gasteiger partial charge in [0.15, 0.2) is 0 Å². The van der Waals surface area contributed by atoms with Crippen LogP contribution in [0.4, 0.5) is 0 Å². The maximum absolute atomic E-state index is 3.74. The summed E-state index contributed by atoms with van der Waals surface area (Å²) in [6.45, 7) is 16.5. The molecule has 0 spiro atoms. The van der Waals surface area contributed by atoms with Gasteiger partial charge in [-0.1, -0.05) is 46.9 Å². The summed E-state index contributed by atoms with van der Waals surface area (Å²) in [6.07, 6.45) is 6.11. The quantitative estimate of drug-likeness (QED) is 0.696. The van der Waals surface area contributed by atoms with Gasteiger partial charge in [0.05, 0.1) is 0 Å². The smallest absolute Gasteiger partial charge is 0.0366 e. The minimum absolute atomic E-state index is 0. The van der Waals surface area contributed by atoms with Crippen molar-refractivity contribution in [3.05, 3.63) is 36.6 Å². The first-order chi connectivity index (χ1) is 6.88. The first kappa shape index (κ1) is 15.5. The Balaban J connectivity index is -0.000000258. The van der Waals surface area contributed by atoms with Crippen molar-refractivity contribution in [2.75, 3.05) is 6.54 Å². The summed E-state index contributed by atoms with van der Waals surface area (Å²) in [5.41, 5.74) is 2.45. The molecule has 0 amide bonds. The minimum atomic E-state index is 0. The lowest BCUT2D eigenvalue weighted by atomic mass is 10.0. The highest BCUT2D eigenvalue weighted by molar-refractivity contribution is 5.31. The molecule has 1 heteroatoms. The summed E-state index contributed by atoms with van der Waals surface area (Å²) >= 11 is 0. The maximum Gasteiger partial charge on any atom is 0.0366 e. The van der Waals surface area contributed by atoms with E-state index in [-0.39, 0.29) is 1.43 Å². The molecule has 0 atom stereocenters. The van der Waals surface area contributed by atoms with Crippen LogP contribution in [0.2, 0.25) is 0 Å². The zero-order chi connectivity index (χ0) is 11.4. The van der Waals surface area contributed by atoms with Crippen LogP contribution < -0.4 is 5.32 Å². The molecule has 84 valence electrons. The van der Waals surface area contributed by atoms with E-state index in [1.54, 1.807) is 0 Å². The van der Waals surface area contributed by atoms with Crippen molar-refractivity contribution >= 4 is 0 Å². The third-order valence-electron chi connectivity index (χ3n) is 1.73.